The molecule has 0 aliphatic carbocycles. The third-order valence-electron chi connectivity index (χ3n) is 2.22. The first-order chi connectivity index (χ1) is 5.25. The van der Waals surface area contributed by atoms with Crippen LogP contribution in [0.2, 0.25) is 0 Å². The Kier molecular flexibility index (Phi) is 3.02. The van der Waals surface area contributed by atoms with Crippen LogP contribution in [0.15, 0.2) is 0 Å². The molecule has 0 aromatic rings. The van der Waals surface area contributed by atoms with Crippen molar-refractivity contribution in [2.75, 3.05) is 19.7 Å². The molecule has 1 fully saturated rings. The number of Topliss-reactive ketones (excluding diaryl/α,β-unsaturated/α-hetero) is 1. The highest BCUT2D eigenvalue weighted by Crippen LogP contribution is 2.11. The number of rotatable bonds is 3. The summed E-state index contributed by atoms with van der Waals surface area (Å²) < 4.78 is 0. The Hall–Kier alpha value is -0.410. The molecule has 0 bridgehead atoms. The Morgan fingerprint density at radius 2 is 2.09 bits per heavy atom. The van der Waals surface area contributed by atoms with Gasteiger partial charge in [-0.05, 0) is 32.9 Å². The van der Waals surface area contributed by atoms with E-state index >= 15 is 0 Å². The number of likely N-dealkylation sites (tertiary alicyclic amines) is 1. The van der Waals surface area contributed by atoms with Gasteiger partial charge in [0, 0.05) is 0 Å². The van der Waals surface area contributed by atoms with E-state index in [1.807, 2.05) is 0 Å². The fraction of sp³-hybridized carbons (Fsp3) is 0.875. The number of carbonyl (C=O) groups excluding carboxylic acids is 1. The highest BCUT2D eigenvalue weighted by Gasteiger charge is 2.24. The summed E-state index contributed by atoms with van der Waals surface area (Å²) in [6.45, 7) is 3.43. The molecule has 1 aliphatic heterocycles. The van der Waals surface area contributed by atoms with Crippen LogP contribution < -0.4 is 0 Å². The van der Waals surface area contributed by atoms with Gasteiger partial charge in [0.05, 0.1) is 12.6 Å². The predicted octanol–water partition coefficient (Wildman–Crippen LogP) is 0.0321. The van der Waals surface area contributed by atoms with E-state index in [1.54, 1.807) is 6.92 Å². The molecule has 0 radical (unpaired) electrons. The molecule has 0 aromatic carbocycles. The predicted molar refractivity (Wildman–Crippen MR) is 42.4 cm³/mol. The van der Waals surface area contributed by atoms with Gasteiger partial charge in [-0.2, -0.15) is 0 Å². The molecule has 0 saturated carbocycles. The summed E-state index contributed by atoms with van der Waals surface area (Å²) in [5, 5.41) is 8.89. The second-order valence-corrected chi connectivity index (χ2v) is 3.05. The minimum Gasteiger partial charge on any atom is -0.394 e. The van der Waals surface area contributed by atoms with E-state index in [-0.39, 0.29) is 18.4 Å². The molecule has 1 aliphatic rings. The van der Waals surface area contributed by atoms with E-state index in [0.29, 0.717) is 0 Å². The van der Waals surface area contributed by atoms with Crippen molar-refractivity contribution in [2.24, 2.45) is 0 Å². The molecule has 11 heavy (non-hydrogen) atoms. The molecule has 0 amide bonds. The maximum Gasteiger partial charge on any atom is 0.149 e. The van der Waals surface area contributed by atoms with Gasteiger partial charge in [-0.25, -0.2) is 0 Å². The molecule has 0 aromatic heterocycles. The standard InChI is InChI=1S/C8H15NO2/c1-7(11)8(6-10)9-4-2-3-5-9/h8,10H,2-6H2,1H3. The highest BCUT2D eigenvalue weighted by molar-refractivity contribution is 5.81. The minimum absolute atomic E-state index is 0.0324. The van der Waals surface area contributed by atoms with E-state index in [9.17, 15) is 4.79 Å². The third kappa shape index (κ3) is 2.01. The number of hydrogen-bond donors (Lipinski definition) is 1. The van der Waals surface area contributed by atoms with Crippen LogP contribution in [0.3, 0.4) is 0 Å². The van der Waals surface area contributed by atoms with Crippen molar-refractivity contribution in [2.45, 2.75) is 25.8 Å². The quantitative estimate of drug-likeness (QED) is 0.628. The van der Waals surface area contributed by atoms with E-state index in [4.69, 9.17) is 5.11 Å². The molecular formula is C8H15NO2. The van der Waals surface area contributed by atoms with Crippen LogP contribution in [-0.2, 0) is 4.79 Å². The maximum atomic E-state index is 11.0. The van der Waals surface area contributed by atoms with Crippen molar-refractivity contribution in [3.8, 4) is 0 Å². The van der Waals surface area contributed by atoms with Crippen molar-refractivity contribution in [3.05, 3.63) is 0 Å². The fourth-order valence-corrected chi connectivity index (χ4v) is 1.55. The monoisotopic (exact) mass is 157 g/mol. The summed E-state index contributed by atoms with van der Waals surface area (Å²) in [5.74, 6) is 0.0781. The topological polar surface area (TPSA) is 40.5 Å². The first-order valence-corrected chi connectivity index (χ1v) is 4.11. The lowest BCUT2D eigenvalue weighted by Crippen LogP contribution is -2.40. The highest BCUT2D eigenvalue weighted by atomic mass is 16.3. The number of carbonyl (C=O) groups is 1. The van der Waals surface area contributed by atoms with E-state index in [2.05, 4.69) is 4.90 Å². The zero-order chi connectivity index (χ0) is 8.27. The smallest absolute Gasteiger partial charge is 0.149 e. The van der Waals surface area contributed by atoms with Gasteiger partial charge in [-0.3, -0.25) is 9.69 Å². The van der Waals surface area contributed by atoms with E-state index < -0.39 is 0 Å². The Bertz CT molecular complexity index is 141. The van der Waals surface area contributed by atoms with Gasteiger partial charge in [0.15, 0.2) is 0 Å². The van der Waals surface area contributed by atoms with Crippen molar-refractivity contribution in [1.29, 1.82) is 0 Å². The normalized spacial score (nSPS) is 22.0. The third-order valence-corrected chi connectivity index (χ3v) is 2.22. The lowest BCUT2D eigenvalue weighted by molar-refractivity contribution is -0.123. The summed E-state index contributed by atoms with van der Waals surface area (Å²) in [5.41, 5.74) is 0. The molecule has 0 spiro atoms. The lowest BCUT2D eigenvalue weighted by Gasteiger charge is -2.22. The zero-order valence-electron chi connectivity index (χ0n) is 6.92. The van der Waals surface area contributed by atoms with Gasteiger partial charge in [-0.15, -0.1) is 0 Å². The average molecular weight is 157 g/mol. The summed E-state index contributed by atoms with van der Waals surface area (Å²) in [7, 11) is 0. The summed E-state index contributed by atoms with van der Waals surface area (Å²) >= 11 is 0. The number of ketones is 1. The van der Waals surface area contributed by atoms with Crippen LogP contribution in [0.4, 0.5) is 0 Å². The molecule has 1 atom stereocenters. The number of aliphatic hydroxyl groups excluding tert-OH is 1. The first kappa shape index (κ1) is 8.68. The van der Waals surface area contributed by atoms with Gasteiger partial charge in [0.2, 0.25) is 0 Å². The van der Waals surface area contributed by atoms with Gasteiger partial charge < -0.3 is 5.11 Å². The van der Waals surface area contributed by atoms with Crippen LogP contribution in [0, 0.1) is 0 Å². The summed E-state index contributed by atoms with van der Waals surface area (Å²) in [4.78, 5) is 13.0. The molecule has 1 saturated heterocycles. The number of nitrogens with zero attached hydrogens (tertiary/aromatic N) is 1. The molecule has 1 rings (SSSR count). The zero-order valence-corrected chi connectivity index (χ0v) is 6.92. The van der Waals surface area contributed by atoms with Crippen LogP contribution in [-0.4, -0.2) is 41.5 Å². The second-order valence-electron chi connectivity index (χ2n) is 3.05. The number of hydrogen-bond acceptors (Lipinski definition) is 3. The lowest BCUT2D eigenvalue weighted by atomic mass is 10.2. The first-order valence-electron chi connectivity index (χ1n) is 4.11. The Morgan fingerprint density at radius 3 is 2.45 bits per heavy atom. The average Bonchev–Trinajstić information content (AvgIpc) is 2.40. The van der Waals surface area contributed by atoms with Crippen LogP contribution in [0.25, 0.3) is 0 Å². The van der Waals surface area contributed by atoms with Gasteiger partial charge in [0.1, 0.15) is 5.78 Å². The molecule has 1 heterocycles. The van der Waals surface area contributed by atoms with Gasteiger partial charge in [-0.1, -0.05) is 0 Å². The van der Waals surface area contributed by atoms with E-state index in [0.717, 1.165) is 25.9 Å². The van der Waals surface area contributed by atoms with Crippen molar-refractivity contribution >= 4 is 5.78 Å². The molecule has 3 nitrogen and oxygen atoms in total. The minimum atomic E-state index is -0.238. The van der Waals surface area contributed by atoms with Crippen LogP contribution >= 0.6 is 0 Å². The van der Waals surface area contributed by atoms with Crippen molar-refractivity contribution in [3.63, 3.8) is 0 Å². The number of aliphatic hydroxyl groups is 1. The maximum absolute atomic E-state index is 11.0. The fourth-order valence-electron chi connectivity index (χ4n) is 1.55. The summed E-state index contributed by atoms with van der Waals surface area (Å²) in [6.07, 6.45) is 2.31. The Labute approximate surface area is 67.0 Å². The molecule has 1 N–H and O–H groups in total. The van der Waals surface area contributed by atoms with Crippen molar-refractivity contribution < 1.29 is 9.90 Å². The largest absolute Gasteiger partial charge is 0.394 e. The molecule has 64 valence electrons. The SMILES string of the molecule is CC(=O)C(CO)N1CCCC1. The van der Waals surface area contributed by atoms with Gasteiger partial charge in [0.25, 0.3) is 0 Å². The summed E-state index contributed by atoms with van der Waals surface area (Å²) in [6, 6.07) is -0.238. The van der Waals surface area contributed by atoms with Crippen LogP contribution in [0.5, 0.6) is 0 Å². The van der Waals surface area contributed by atoms with Crippen LogP contribution in [0.1, 0.15) is 19.8 Å². The second kappa shape index (κ2) is 3.83. The Balaban J connectivity index is 2.46. The molecular weight excluding hydrogens is 142 g/mol. The van der Waals surface area contributed by atoms with E-state index in [1.165, 1.54) is 0 Å². The molecule has 1 unspecified atom stereocenters. The molecule has 3 heteroatoms. The Morgan fingerprint density at radius 1 is 1.55 bits per heavy atom. The van der Waals surface area contributed by atoms with Crippen molar-refractivity contribution in [1.82, 2.24) is 4.90 Å². The van der Waals surface area contributed by atoms with Gasteiger partial charge >= 0.3 is 0 Å².